The minimum absolute atomic E-state index is 0.0996. The van der Waals surface area contributed by atoms with E-state index in [1.807, 2.05) is 24.3 Å². The summed E-state index contributed by atoms with van der Waals surface area (Å²) >= 11 is 1.31. The highest BCUT2D eigenvalue weighted by atomic mass is 32.1. The summed E-state index contributed by atoms with van der Waals surface area (Å²) in [5.74, 6) is -0.804. The minimum atomic E-state index is -0.532. The Kier molecular flexibility index (Phi) is 4.95. The van der Waals surface area contributed by atoms with Crippen LogP contribution in [0, 0.1) is 5.92 Å². The number of benzene rings is 1. The third-order valence-corrected chi connectivity index (χ3v) is 5.73. The number of aryl methyl sites for hydroxylation is 1. The van der Waals surface area contributed by atoms with Gasteiger partial charge in [0.2, 0.25) is 5.91 Å². The zero-order chi connectivity index (χ0) is 19.7. The molecular formula is C20H19N3O4S. The second-order valence-electron chi connectivity index (χ2n) is 6.68. The van der Waals surface area contributed by atoms with Crippen molar-refractivity contribution in [3.8, 4) is 0 Å². The van der Waals surface area contributed by atoms with Crippen molar-refractivity contribution in [2.24, 2.45) is 5.92 Å². The van der Waals surface area contributed by atoms with E-state index in [9.17, 15) is 14.4 Å². The van der Waals surface area contributed by atoms with E-state index in [4.69, 9.17) is 4.74 Å². The summed E-state index contributed by atoms with van der Waals surface area (Å²) in [4.78, 5) is 45.3. The minimum Gasteiger partial charge on any atom is -0.457 e. The lowest BCUT2D eigenvalue weighted by Gasteiger charge is -2.17. The van der Waals surface area contributed by atoms with Crippen molar-refractivity contribution >= 4 is 39.1 Å². The SMILES string of the molecule is CCc1ccc(N2C[C@H](C(=O)OCc3nc4ccsc4c(=O)[nH]3)CC2=O)cc1. The van der Waals surface area contributed by atoms with Crippen LogP contribution in [0.1, 0.15) is 24.7 Å². The van der Waals surface area contributed by atoms with Gasteiger partial charge in [0, 0.05) is 18.7 Å². The number of anilines is 1. The van der Waals surface area contributed by atoms with Gasteiger partial charge in [-0.1, -0.05) is 19.1 Å². The molecule has 4 rings (SSSR count). The molecule has 7 nitrogen and oxygen atoms in total. The Bertz CT molecular complexity index is 1090. The molecule has 0 spiro atoms. The quantitative estimate of drug-likeness (QED) is 0.668. The summed E-state index contributed by atoms with van der Waals surface area (Å²) < 4.78 is 5.86. The molecule has 3 heterocycles. The molecule has 2 aromatic heterocycles. The van der Waals surface area contributed by atoms with E-state index in [2.05, 4.69) is 16.9 Å². The number of thiophene rings is 1. The van der Waals surface area contributed by atoms with Crippen LogP contribution in [0.2, 0.25) is 0 Å². The van der Waals surface area contributed by atoms with Crippen molar-refractivity contribution in [1.29, 1.82) is 0 Å². The van der Waals surface area contributed by atoms with Gasteiger partial charge in [0.25, 0.3) is 5.56 Å². The molecule has 8 heteroatoms. The average Bonchev–Trinajstić information content (AvgIpc) is 3.33. The van der Waals surface area contributed by atoms with Gasteiger partial charge in [-0.2, -0.15) is 0 Å². The lowest BCUT2D eigenvalue weighted by molar-refractivity contribution is -0.149. The van der Waals surface area contributed by atoms with E-state index in [1.165, 1.54) is 16.9 Å². The average molecular weight is 397 g/mol. The van der Waals surface area contributed by atoms with Crippen molar-refractivity contribution in [1.82, 2.24) is 9.97 Å². The molecule has 1 aliphatic rings. The molecule has 1 aliphatic heterocycles. The first-order valence-electron chi connectivity index (χ1n) is 9.07. The van der Waals surface area contributed by atoms with Crippen LogP contribution in [0.3, 0.4) is 0 Å². The van der Waals surface area contributed by atoms with Crippen LogP contribution < -0.4 is 10.5 Å². The van der Waals surface area contributed by atoms with Gasteiger partial charge in [-0.3, -0.25) is 14.4 Å². The Morgan fingerprint density at radius 2 is 2.07 bits per heavy atom. The molecule has 0 bridgehead atoms. The zero-order valence-corrected chi connectivity index (χ0v) is 16.1. The number of rotatable bonds is 5. The first-order chi connectivity index (χ1) is 13.5. The highest BCUT2D eigenvalue weighted by molar-refractivity contribution is 7.17. The number of aromatic amines is 1. The van der Waals surface area contributed by atoms with Gasteiger partial charge in [0.15, 0.2) is 0 Å². The van der Waals surface area contributed by atoms with Gasteiger partial charge in [0.1, 0.15) is 17.1 Å². The van der Waals surface area contributed by atoms with Crippen LogP contribution in [0.5, 0.6) is 0 Å². The molecule has 0 radical (unpaired) electrons. The number of hydrogen-bond acceptors (Lipinski definition) is 6. The van der Waals surface area contributed by atoms with Crippen LogP contribution in [0.15, 0.2) is 40.5 Å². The summed E-state index contributed by atoms with van der Waals surface area (Å²) in [6.07, 6.45) is 1.04. The highest BCUT2D eigenvalue weighted by Crippen LogP contribution is 2.26. The maximum atomic E-state index is 12.4. The molecule has 0 unspecified atom stereocenters. The smallest absolute Gasteiger partial charge is 0.311 e. The molecular weight excluding hydrogens is 378 g/mol. The summed E-state index contributed by atoms with van der Waals surface area (Å²) in [6.45, 7) is 2.23. The van der Waals surface area contributed by atoms with Crippen molar-refractivity contribution in [2.45, 2.75) is 26.4 Å². The normalized spacial score (nSPS) is 16.7. The monoisotopic (exact) mass is 397 g/mol. The second-order valence-corrected chi connectivity index (χ2v) is 7.60. The molecule has 1 N–H and O–H groups in total. The van der Waals surface area contributed by atoms with E-state index >= 15 is 0 Å². The predicted octanol–water partition coefficient (Wildman–Crippen LogP) is 2.64. The molecule has 1 aromatic carbocycles. The van der Waals surface area contributed by atoms with E-state index < -0.39 is 11.9 Å². The lowest BCUT2D eigenvalue weighted by Crippen LogP contribution is -2.26. The molecule has 3 aromatic rings. The Balaban J connectivity index is 1.40. The molecule has 1 atom stereocenters. The maximum absolute atomic E-state index is 12.4. The number of hydrogen-bond donors (Lipinski definition) is 1. The molecule has 0 aliphatic carbocycles. The number of ether oxygens (including phenoxy) is 1. The zero-order valence-electron chi connectivity index (χ0n) is 15.3. The van der Waals surface area contributed by atoms with Crippen LogP contribution in [-0.2, 0) is 27.4 Å². The van der Waals surface area contributed by atoms with Gasteiger partial charge in [-0.05, 0) is 35.6 Å². The number of nitrogens with one attached hydrogen (secondary N) is 1. The molecule has 144 valence electrons. The number of aromatic nitrogens is 2. The van der Waals surface area contributed by atoms with E-state index in [-0.39, 0.29) is 31.0 Å². The topological polar surface area (TPSA) is 92.4 Å². The Labute approximate surface area is 165 Å². The first kappa shape index (κ1) is 18.4. The Hall–Kier alpha value is -3.00. The number of fused-ring (bicyclic) bond motifs is 1. The molecule has 1 fully saturated rings. The fourth-order valence-corrected chi connectivity index (χ4v) is 4.00. The number of carbonyl (C=O) groups excluding carboxylic acids is 2. The highest BCUT2D eigenvalue weighted by Gasteiger charge is 2.36. The number of nitrogens with zero attached hydrogens (tertiary/aromatic N) is 2. The molecule has 0 saturated carbocycles. The number of amides is 1. The van der Waals surface area contributed by atoms with Crippen molar-refractivity contribution in [2.75, 3.05) is 11.4 Å². The van der Waals surface area contributed by atoms with Crippen molar-refractivity contribution in [3.63, 3.8) is 0 Å². The van der Waals surface area contributed by atoms with Gasteiger partial charge in [-0.25, -0.2) is 4.98 Å². The number of carbonyl (C=O) groups is 2. The summed E-state index contributed by atoms with van der Waals surface area (Å²) in [6, 6.07) is 9.51. The Morgan fingerprint density at radius 1 is 1.29 bits per heavy atom. The largest absolute Gasteiger partial charge is 0.457 e. The van der Waals surface area contributed by atoms with Crippen LogP contribution >= 0.6 is 11.3 Å². The second kappa shape index (κ2) is 7.55. The van der Waals surface area contributed by atoms with Crippen molar-refractivity contribution < 1.29 is 14.3 Å². The third kappa shape index (κ3) is 3.55. The summed E-state index contributed by atoms with van der Waals surface area (Å²) in [5, 5.41) is 1.79. The summed E-state index contributed by atoms with van der Waals surface area (Å²) in [5.41, 5.74) is 2.31. The first-order valence-corrected chi connectivity index (χ1v) is 9.95. The summed E-state index contributed by atoms with van der Waals surface area (Å²) in [7, 11) is 0. The van der Waals surface area contributed by atoms with Gasteiger partial charge >= 0.3 is 5.97 Å². The van der Waals surface area contributed by atoms with Crippen LogP contribution in [0.4, 0.5) is 5.69 Å². The lowest BCUT2D eigenvalue weighted by atomic mass is 10.1. The van der Waals surface area contributed by atoms with Crippen LogP contribution in [0.25, 0.3) is 10.2 Å². The fourth-order valence-electron chi connectivity index (χ4n) is 3.27. The van der Waals surface area contributed by atoms with Gasteiger partial charge in [0.05, 0.1) is 11.4 Å². The predicted molar refractivity (Wildman–Crippen MR) is 106 cm³/mol. The van der Waals surface area contributed by atoms with Gasteiger partial charge in [-0.15, -0.1) is 11.3 Å². The van der Waals surface area contributed by atoms with Crippen molar-refractivity contribution in [3.05, 3.63) is 57.5 Å². The standard InChI is InChI=1S/C20H19N3O4S/c1-2-12-3-5-14(6-4-12)23-10-13(9-17(23)24)20(26)27-11-16-21-15-7-8-28-18(15)19(25)22-16/h3-8,13H,2,9-11H2,1H3,(H,21,22,25)/t13-/m1/s1. The third-order valence-electron chi connectivity index (χ3n) is 4.83. The number of esters is 1. The van der Waals surface area contributed by atoms with E-state index in [0.717, 1.165) is 12.1 Å². The molecule has 28 heavy (non-hydrogen) atoms. The maximum Gasteiger partial charge on any atom is 0.311 e. The fraction of sp³-hybridized carbons (Fsp3) is 0.300. The van der Waals surface area contributed by atoms with Crippen LogP contribution in [-0.4, -0.2) is 28.4 Å². The number of H-pyrrole nitrogens is 1. The van der Waals surface area contributed by atoms with E-state index in [1.54, 1.807) is 16.3 Å². The molecule has 1 amide bonds. The molecule has 1 saturated heterocycles. The Morgan fingerprint density at radius 3 is 2.82 bits per heavy atom. The van der Waals surface area contributed by atoms with Gasteiger partial charge < -0.3 is 14.6 Å². The van der Waals surface area contributed by atoms with E-state index in [0.29, 0.717) is 16.0 Å².